The van der Waals surface area contributed by atoms with Gasteiger partial charge in [0.15, 0.2) is 0 Å². The monoisotopic (exact) mass is 391 g/mol. The van der Waals surface area contributed by atoms with Gasteiger partial charge < -0.3 is 16.0 Å². The van der Waals surface area contributed by atoms with Crippen LogP contribution in [0, 0.1) is 0 Å². The van der Waals surface area contributed by atoms with E-state index in [1.807, 2.05) is 41.1 Å². The van der Waals surface area contributed by atoms with E-state index >= 15 is 0 Å². The number of nitrogens with one attached hydrogen (secondary N) is 1. The molecular formula is C21H25N7O. The zero-order chi connectivity index (χ0) is 20.1. The van der Waals surface area contributed by atoms with Crippen molar-refractivity contribution in [3.05, 3.63) is 60.4 Å². The fourth-order valence-electron chi connectivity index (χ4n) is 3.64. The van der Waals surface area contributed by atoms with Crippen LogP contribution in [0.25, 0.3) is 0 Å². The van der Waals surface area contributed by atoms with E-state index in [0.29, 0.717) is 18.2 Å². The van der Waals surface area contributed by atoms with Crippen molar-refractivity contribution in [2.75, 3.05) is 29.0 Å². The lowest BCUT2D eigenvalue weighted by Gasteiger charge is -2.32. The first-order chi connectivity index (χ1) is 14.2. The van der Waals surface area contributed by atoms with E-state index in [4.69, 9.17) is 5.73 Å². The first-order valence-electron chi connectivity index (χ1n) is 9.90. The predicted molar refractivity (Wildman–Crippen MR) is 113 cm³/mol. The molecule has 0 spiro atoms. The molecule has 2 aromatic heterocycles. The number of piperidine rings is 1. The average Bonchev–Trinajstić information content (AvgIpc) is 3.21. The molecule has 1 aromatic carbocycles. The summed E-state index contributed by atoms with van der Waals surface area (Å²) < 4.78 is 1.93. The van der Waals surface area contributed by atoms with Crippen LogP contribution in [0.4, 0.5) is 17.6 Å². The van der Waals surface area contributed by atoms with Crippen molar-refractivity contribution in [1.29, 1.82) is 0 Å². The summed E-state index contributed by atoms with van der Waals surface area (Å²) in [6.07, 6.45) is 6.37. The molecule has 3 N–H and O–H groups in total. The highest BCUT2D eigenvalue weighted by Gasteiger charge is 2.24. The van der Waals surface area contributed by atoms with Gasteiger partial charge in [-0.2, -0.15) is 10.1 Å². The molecule has 0 saturated carbocycles. The second-order valence-electron chi connectivity index (χ2n) is 7.19. The molecule has 0 bridgehead atoms. The first-order valence-corrected chi connectivity index (χ1v) is 9.90. The molecule has 8 heteroatoms. The summed E-state index contributed by atoms with van der Waals surface area (Å²) >= 11 is 0. The SMILES string of the molecule is Nc1ccnc(N2CCC(n3nccc3NC(=O)CCc3ccccc3)CC2)n1. The molecule has 1 aliphatic rings. The highest BCUT2D eigenvalue weighted by Crippen LogP contribution is 2.27. The molecular weight excluding hydrogens is 366 g/mol. The number of rotatable bonds is 6. The lowest BCUT2D eigenvalue weighted by atomic mass is 10.1. The molecule has 29 heavy (non-hydrogen) atoms. The summed E-state index contributed by atoms with van der Waals surface area (Å²) in [5.74, 6) is 1.89. The lowest BCUT2D eigenvalue weighted by molar-refractivity contribution is -0.116. The summed E-state index contributed by atoms with van der Waals surface area (Å²) in [5, 5.41) is 7.47. The van der Waals surface area contributed by atoms with Gasteiger partial charge in [0, 0.05) is 31.8 Å². The van der Waals surface area contributed by atoms with Gasteiger partial charge in [-0.15, -0.1) is 0 Å². The third-order valence-electron chi connectivity index (χ3n) is 5.18. The number of hydrogen-bond acceptors (Lipinski definition) is 6. The molecule has 3 heterocycles. The Balaban J connectivity index is 1.33. The molecule has 1 amide bonds. The van der Waals surface area contributed by atoms with Crippen LogP contribution in [0.1, 0.15) is 30.9 Å². The Bertz CT molecular complexity index is 948. The van der Waals surface area contributed by atoms with Crippen LogP contribution in [-0.4, -0.2) is 38.7 Å². The molecule has 8 nitrogen and oxygen atoms in total. The molecule has 150 valence electrons. The number of aromatic nitrogens is 4. The van der Waals surface area contributed by atoms with Gasteiger partial charge in [-0.25, -0.2) is 9.67 Å². The van der Waals surface area contributed by atoms with Gasteiger partial charge in [-0.05, 0) is 30.9 Å². The van der Waals surface area contributed by atoms with E-state index in [1.165, 1.54) is 0 Å². The van der Waals surface area contributed by atoms with Gasteiger partial charge in [-0.1, -0.05) is 30.3 Å². The smallest absolute Gasteiger partial charge is 0.227 e. The third kappa shape index (κ3) is 4.71. The Hall–Kier alpha value is -3.42. The van der Waals surface area contributed by atoms with Gasteiger partial charge >= 0.3 is 0 Å². The minimum atomic E-state index is 0.00111. The minimum Gasteiger partial charge on any atom is -0.384 e. The second kappa shape index (κ2) is 8.72. The Morgan fingerprint density at radius 2 is 1.90 bits per heavy atom. The molecule has 1 aliphatic heterocycles. The summed E-state index contributed by atoms with van der Waals surface area (Å²) in [6.45, 7) is 1.63. The standard InChI is InChI=1S/C21H25N7O/c22-18-8-12-23-21(25-18)27-14-10-17(11-15-27)28-19(9-13-24-28)26-20(29)7-6-16-4-2-1-3-5-16/h1-5,8-9,12-13,17H,6-7,10-11,14-15H2,(H,26,29)(H2,22,23,25). The van der Waals surface area contributed by atoms with Crippen LogP contribution in [0.2, 0.25) is 0 Å². The summed E-state index contributed by atoms with van der Waals surface area (Å²) in [7, 11) is 0. The number of aryl methyl sites for hydroxylation is 1. The van der Waals surface area contributed by atoms with Gasteiger partial charge in [-0.3, -0.25) is 4.79 Å². The fraction of sp³-hybridized carbons (Fsp3) is 0.333. The van der Waals surface area contributed by atoms with E-state index in [9.17, 15) is 4.79 Å². The van der Waals surface area contributed by atoms with Crippen LogP contribution in [0.5, 0.6) is 0 Å². The molecule has 3 aromatic rings. The highest BCUT2D eigenvalue weighted by atomic mass is 16.1. The van der Waals surface area contributed by atoms with Crippen molar-refractivity contribution in [2.45, 2.75) is 31.7 Å². The first kappa shape index (κ1) is 18.9. The Morgan fingerprint density at radius 1 is 1.10 bits per heavy atom. The second-order valence-corrected chi connectivity index (χ2v) is 7.19. The number of carbonyl (C=O) groups is 1. The van der Waals surface area contributed by atoms with Crippen molar-refractivity contribution in [1.82, 2.24) is 19.7 Å². The van der Waals surface area contributed by atoms with Crippen LogP contribution in [0.3, 0.4) is 0 Å². The number of nitrogens with two attached hydrogens (primary N) is 1. The van der Waals surface area contributed by atoms with Crippen LogP contribution in [-0.2, 0) is 11.2 Å². The van der Waals surface area contributed by atoms with E-state index < -0.39 is 0 Å². The molecule has 1 saturated heterocycles. The maximum atomic E-state index is 12.4. The van der Waals surface area contributed by atoms with Gasteiger partial charge in [0.2, 0.25) is 11.9 Å². The molecule has 0 unspecified atom stereocenters. The Labute approximate surface area is 169 Å². The predicted octanol–water partition coefficient (Wildman–Crippen LogP) is 2.67. The minimum absolute atomic E-state index is 0.00111. The third-order valence-corrected chi connectivity index (χ3v) is 5.18. The maximum absolute atomic E-state index is 12.4. The topological polar surface area (TPSA) is 102 Å². The highest BCUT2D eigenvalue weighted by molar-refractivity contribution is 5.89. The van der Waals surface area contributed by atoms with Crippen molar-refractivity contribution in [3.63, 3.8) is 0 Å². The van der Waals surface area contributed by atoms with Crippen molar-refractivity contribution in [2.24, 2.45) is 0 Å². The number of hydrogen-bond donors (Lipinski definition) is 2. The number of amides is 1. The lowest BCUT2D eigenvalue weighted by Crippen LogP contribution is -2.36. The molecule has 1 fully saturated rings. The van der Waals surface area contributed by atoms with Gasteiger partial charge in [0.25, 0.3) is 0 Å². The van der Waals surface area contributed by atoms with Crippen molar-refractivity contribution >= 4 is 23.5 Å². The van der Waals surface area contributed by atoms with Crippen LogP contribution in [0.15, 0.2) is 54.9 Å². The van der Waals surface area contributed by atoms with E-state index in [2.05, 4.69) is 25.3 Å². The van der Waals surface area contributed by atoms with Gasteiger partial charge in [0.1, 0.15) is 11.6 Å². The Morgan fingerprint density at radius 3 is 2.66 bits per heavy atom. The molecule has 0 aliphatic carbocycles. The van der Waals surface area contributed by atoms with Crippen molar-refractivity contribution in [3.8, 4) is 0 Å². The van der Waals surface area contributed by atoms with Gasteiger partial charge in [0.05, 0.1) is 12.2 Å². The normalized spacial score (nSPS) is 14.7. The number of nitrogen functional groups attached to an aromatic ring is 1. The summed E-state index contributed by atoms with van der Waals surface area (Å²) in [5.41, 5.74) is 6.93. The number of carbonyl (C=O) groups excluding carboxylic acids is 1. The number of nitrogens with zero attached hydrogens (tertiary/aromatic N) is 5. The zero-order valence-electron chi connectivity index (χ0n) is 16.2. The fourth-order valence-corrected chi connectivity index (χ4v) is 3.64. The van der Waals surface area contributed by atoms with Crippen LogP contribution >= 0.6 is 0 Å². The average molecular weight is 391 g/mol. The zero-order valence-corrected chi connectivity index (χ0v) is 16.2. The van der Waals surface area contributed by atoms with E-state index in [-0.39, 0.29) is 11.9 Å². The quantitative estimate of drug-likeness (QED) is 0.670. The summed E-state index contributed by atoms with van der Waals surface area (Å²) in [4.78, 5) is 23.1. The largest absolute Gasteiger partial charge is 0.384 e. The molecule has 4 rings (SSSR count). The molecule has 0 radical (unpaired) electrons. The van der Waals surface area contributed by atoms with E-state index in [1.54, 1.807) is 18.5 Å². The Kier molecular flexibility index (Phi) is 5.69. The summed E-state index contributed by atoms with van der Waals surface area (Å²) in [6, 6.07) is 13.8. The number of benzene rings is 1. The van der Waals surface area contributed by atoms with Crippen molar-refractivity contribution < 1.29 is 4.79 Å². The number of anilines is 3. The maximum Gasteiger partial charge on any atom is 0.227 e. The van der Waals surface area contributed by atoms with E-state index in [0.717, 1.165) is 43.7 Å². The van der Waals surface area contributed by atoms with Crippen LogP contribution < -0.4 is 16.0 Å². The molecule has 0 atom stereocenters.